The van der Waals surface area contributed by atoms with Crippen molar-refractivity contribution >= 4 is 17.9 Å². The van der Waals surface area contributed by atoms with Gasteiger partial charge in [0.05, 0.1) is 0 Å². The van der Waals surface area contributed by atoms with E-state index in [1.165, 1.54) is 83.5 Å². The first kappa shape index (κ1) is 53.9. The highest BCUT2D eigenvalue weighted by Crippen LogP contribution is 2.13. The maximum absolute atomic E-state index is 12.6. The first-order valence-electron chi connectivity index (χ1n) is 23.4. The van der Waals surface area contributed by atoms with E-state index in [-0.39, 0.29) is 31.6 Å². The van der Waals surface area contributed by atoms with Crippen LogP contribution >= 0.6 is 0 Å². The van der Waals surface area contributed by atoms with Crippen molar-refractivity contribution in [1.29, 1.82) is 0 Å². The van der Waals surface area contributed by atoms with E-state index in [4.69, 9.17) is 14.2 Å². The summed E-state index contributed by atoms with van der Waals surface area (Å²) in [6.45, 7) is 6.34. The van der Waals surface area contributed by atoms with E-state index in [1.807, 2.05) is 12.2 Å². The Kier molecular flexibility index (Phi) is 43.0. The number of carbonyl (C=O) groups is 3. The van der Waals surface area contributed by atoms with Gasteiger partial charge in [0.25, 0.3) is 0 Å². The zero-order valence-electron chi connectivity index (χ0n) is 37.1. The first-order chi connectivity index (χ1) is 28.0. The predicted octanol–water partition coefficient (Wildman–Crippen LogP) is 15.1. The van der Waals surface area contributed by atoms with Gasteiger partial charge in [-0.25, -0.2) is 0 Å². The van der Waals surface area contributed by atoms with Gasteiger partial charge in [0.2, 0.25) is 0 Å². The highest BCUT2D eigenvalue weighted by atomic mass is 16.6. The monoisotopic (exact) mass is 795 g/mol. The largest absolute Gasteiger partial charge is 0.462 e. The van der Waals surface area contributed by atoms with E-state index >= 15 is 0 Å². The number of unbranched alkanes of at least 4 members (excludes halogenated alkanes) is 18. The molecule has 0 aromatic carbocycles. The Morgan fingerprint density at radius 3 is 1.14 bits per heavy atom. The van der Waals surface area contributed by atoms with Crippen LogP contribution < -0.4 is 0 Å². The third-order valence-electron chi connectivity index (χ3n) is 9.71. The van der Waals surface area contributed by atoms with Gasteiger partial charge in [-0.3, -0.25) is 14.4 Å². The smallest absolute Gasteiger partial charge is 0.306 e. The first-order valence-corrected chi connectivity index (χ1v) is 23.4. The average Bonchev–Trinajstić information content (AvgIpc) is 3.21. The lowest BCUT2D eigenvalue weighted by Crippen LogP contribution is -2.30. The third-order valence-corrected chi connectivity index (χ3v) is 9.71. The summed E-state index contributed by atoms with van der Waals surface area (Å²) in [5, 5.41) is 0. The average molecular weight is 795 g/mol. The zero-order valence-corrected chi connectivity index (χ0v) is 37.1. The normalized spacial score (nSPS) is 12.7. The van der Waals surface area contributed by atoms with Crippen LogP contribution in [0.5, 0.6) is 0 Å². The molecule has 326 valence electrons. The highest BCUT2D eigenvalue weighted by molar-refractivity contribution is 5.71. The molecule has 1 unspecified atom stereocenters. The molecular formula is C51H86O6. The maximum atomic E-state index is 12.6. The minimum Gasteiger partial charge on any atom is -0.462 e. The number of rotatable bonds is 41. The molecule has 0 aromatic heterocycles. The number of hydrogen-bond donors (Lipinski definition) is 0. The standard InChI is InChI=1S/C51H86O6/c1-4-7-10-13-15-17-19-21-22-23-24-25-26-27-28-30-31-33-35-38-41-44-50(53)56-47-48(46-55-49(52)43-40-37-12-9-6-3)57-51(54)45-42-39-36-34-32-29-20-18-16-14-11-8-5-2/h8,11,16,18-19,21,23-24,29,32,36,39,48H,4-7,9-10,12-15,17,20,22,25-28,30-31,33-35,37-38,40-47H2,1-3H3/b11-8-,18-16-,21-19-,24-23-,32-29-,39-36-. The summed E-state index contributed by atoms with van der Waals surface area (Å²) in [6.07, 6.45) is 56.5. The zero-order chi connectivity index (χ0) is 41.5. The van der Waals surface area contributed by atoms with Gasteiger partial charge in [-0.1, -0.05) is 190 Å². The van der Waals surface area contributed by atoms with Crippen molar-refractivity contribution in [1.82, 2.24) is 0 Å². The summed E-state index contributed by atoms with van der Waals surface area (Å²) >= 11 is 0. The van der Waals surface area contributed by atoms with Crippen LogP contribution in [0.1, 0.15) is 213 Å². The molecule has 0 aromatic rings. The molecule has 0 fully saturated rings. The molecular weight excluding hydrogens is 709 g/mol. The molecule has 6 nitrogen and oxygen atoms in total. The summed E-state index contributed by atoms with van der Waals surface area (Å²) in [4.78, 5) is 37.5. The van der Waals surface area contributed by atoms with Crippen molar-refractivity contribution in [2.45, 2.75) is 219 Å². The van der Waals surface area contributed by atoms with Crippen molar-refractivity contribution < 1.29 is 28.6 Å². The van der Waals surface area contributed by atoms with Gasteiger partial charge < -0.3 is 14.2 Å². The minimum atomic E-state index is -0.809. The molecule has 6 heteroatoms. The highest BCUT2D eigenvalue weighted by Gasteiger charge is 2.19. The molecule has 0 radical (unpaired) electrons. The van der Waals surface area contributed by atoms with Gasteiger partial charge >= 0.3 is 17.9 Å². The van der Waals surface area contributed by atoms with Crippen LogP contribution in [0.3, 0.4) is 0 Å². The molecule has 0 saturated heterocycles. The second kappa shape index (κ2) is 45.6. The Morgan fingerprint density at radius 1 is 0.368 bits per heavy atom. The van der Waals surface area contributed by atoms with E-state index in [1.54, 1.807) is 0 Å². The molecule has 57 heavy (non-hydrogen) atoms. The Hall–Kier alpha value is -3.15. The van der Waals surface area contributed by atoms with Crippen molar-refractivity contribution in [3.8, 4) is 0 Å². The molecule has 0 saturated carbocycles. The minimum absolute atomic E-state index is 0.107. The molecule has 0 aliphatic rings. The maximum Gasteiger partial charge on any atom is 0.306 e. The fraction of sp³-hybridized carbons (Fsp3) is 0.706. The summed E-state index contributed by atoms with van der Waals surface area (Å²) in [7, 11) is 0. The summed E-state index contributed by atoms with van der Waals surface area (Å²) in [6, 6.07) is 0. The lowest BCUT2D eigenvalue weighted by Gasteiger charge is -2.18. The van der Waals surface area contributed by atoms with E-state index in [2.05, 4.69) is 81.5 Å². The number of hydrogen-bond acceptors (Lipinski definition) is 6. The predicted molar refractivity (Wildman–Crippen MR) is 242 cm³/mol. The fourth-order valence-electron chi connectivity index (χ4n) is 6.19. The second-order valence-electron chi connectivity index (χ2n) is 15.3. The quantitative estimate of drug-likeness (QED) is 0.0265. The van der Waals surface area contributed by atoms with Crippen LogP contribution in [0.15, 0.2) is 72.9 Å². The van der Waals surface area contributed by atoms with Gasteiger partial charge in [-0.2, -0.15) is 0 Å². The van der Waals surface area contributed by atoms with E-state index < -0.39 is 12.1 Å². The molecule has 0 aliphatic carbocycles. The van der Waals surface area contributed by atoms with Gasteiger partial charge in [-0.05, 0) is 77.0 Å². The lowest BCUT2D eigenvalue weighted by atomic mass is 10.1. The number of carbonyl (C=O) groups excluding carboxylic acids is 3. The van der Waals surface area contributed by atoms with Crippen LogP contribution in [-0.4, -0.2) is 37.2 Å². The summed E-state index contributed by atoms with van der Waals surface area (Å²) in [5.74, 6) is -1.01. The molecule has 1 atom stereocenters. The van der Waals surface area contributed by atoms with E-state index in [9.17, 15) is 14.4 Å². The van der Waals surface area contributed by atoms with Crippen molar-refractivity contribution in [2.75, 3.05) is 13.2 Å². The van der Waals surface area contributed by atoms with Crippen LogP contribution in [0, 0.1) is 0 Å². The Bertz CT molecular complexity index is 1100. The molecule has 0 amide bonds. The number of ether oxygens (including phenoxy) is 3. The molecule has 0 rings (SSSR count). The molecule has 0 N–H and O–H groups in total. The summed E-state index contributed by atoms with van der Waals surface area (Å²) < 4.78 is 16.5. The van der Waals surface area contributed by atoms with Crippen LogP contribution in [0.25, 0.3) is 0 Å². The van der Waals surface area contributed by atoms with Gasteiger partial charge in [0.1, 0.15) is 13.2 Å². The SMILES string of the molecule is CC/C=C\C/C=C\C/C=C\C/C=C\CCC(=O)OC(COC(=O)CCCCCCC)COC(=O)CCCCCCCCCCC/C=C\C/C=C\CCCCCCC. The Morgan fingerprint density at radius 2 is 0.719 bits per heavy atom. The molecule has 0 spiro atoms. The lowest BCUT2D eigenvalue weighted by molar-refractivity contribution is -0.166. The van der Waals surface area contributed by atoms with Crippen LogP contribution in [-0.2, 0) is 28.6 Å². The van der Waals surface area contributed by atoms with E-state index in [0.717, 1.165) is 83.5 Å². The number of allylic oxidation sites excluding steroid dienone is 12. The third kappa shape index (κ3) is 43.8. The van der Waals surface area contributed by atoms with Gasteiger partial charge in [-0.15, -0.1) is 0 Å². The van der Waals surface area contributed by atoms with Crippen molar-refractivity contribution in [3.05, 3.63) is 72.9 Å². The summed E-state index contributed by atoms with van der Waals surface area (Å²) in [5.41, 5.74) is 0. The molecule has 0 heterocycles. The van der Waals surface area contributed by atoms with Gasteiger partial charge in [0.15, 0.2) is 6.10 Å². The molecule has 0 aliphatic heterocycles. The Labute approximate surface area is 351 Å². The molecule has 0 bridgehead atoms. The number of esters is 3. The van der Waals surface area contributed by atoms with Crippen molar-refractivity contribution in [3.63, 3.8) is 0 Å². The van der Waals surface area contributed by atoms with E-state index in [0.29, 0.717) is 19.3 Å². The Balaban J connectivity index is 4.24. The van der Waals surface area contributed by atoms with Crippen LogP contribution in [0.4, 0.5) is 0 Å². The van der Waals surface area contributed by atoms with Crippen LogP contribution in [0.2, 0.25) is 0 Å². The van der Waals surface area contributed by atoms with Crippen molar-refractivity contribution in [2.24, 2.45) is 0 Å². The topological polar surface area (TPSA) is 78.9 Å². The fourth-order valence-corrected chi connectivity index (χ4v) is 6.19. The second-order valence-corrected chi connectivity index (χ2v) is 15.3. The van der Waals surface area contributed by atoms with Gasteiger partial charge in [0, 0.05) is 19.3 Å².